The molecule has 0 saturated carbocycles. The smallest absolute Gasteiger partial charge is 0.210 e. The summed E-state index contributed by atoms with van der Waals surface area (Å²) in [4.78, 5) is 2.56. The van der Waals surface area contributed by atoms with E-state index in [0.29, 0.717) is 0 Å². The van der Waals surface area contributed by atoms with Crippen LogP contribution in [0.3, 0.4) is 0 Å². The third-order valence-electron chi connectivity index (χ3n) is 8.53. The van der Waals surface area contributed by atoms with Crippen molar-refractivity contribution in [2.45, 2.75) is 78.1 Å². The Morgan fingerprint density at radius 3 is 2.32 bits per heavy atom. The minimum atomic E-state index is -0.0605. The van der Waals surface area contributed by atoms with Gasteiger partial charge in [-0.15, -0.1) is 0 Å². The second-order valence-corrected chi connectivity index (χ2v) is 11.8. The Kier molecular flexibility index (Phi) is 6.88. The van der Waals surface area contributed by atoms with Crippen LogP contribution in [0.15, 0.2) is 84.6 Å². The number of unbranched alkanes of at least 4 members (excludes halogenated alkanes) is 2. The first kappa shape index (κ1) is 25.5. The highest BCUT2D eigenvalue weighted by Gasteiger charge is 2.45. The number of hydrogen-bond acceptors (Lipinski definition) is 1. The fourth-order valence-electron chi connectivity index (χ4n) is 6.52. The van der Waals surface area contributed by atoms with Crippen LogP contribution in [-0.4, -0.2) is 23.4 Å². The molecule has 2 nitrogen and oxygen atoms in total. The van der Waals surface area contributed by atoms with Crippen molar-refractivity contribution in [2.75, 3.05) is 18.0 Å². The zero-order valence-electron chi connectivity index (χ0n) is 23.6. The first-order valence-electron chi connectivity index (χ1n) is 14.3. The Morgan fingerprint density at radius 2 is 1.54 bits per heavy atom. The molecule has 0 atom stereocenters. The topological polar surface area (TPSA) is 6.25 Å². The fraction of sp³-hybridized carbons (Fsp3) is 0.400. The molecule has 0 unspecified atom stereocenters. The summed E-state index contributed by atoms with van der Waals surface area (Å²) in [5, 5.41) is 2.71. The molecular formula is C35H43N2+. The lowest BCUT2D eigenvalue weighted by atomic mass is 9.79. The molecule has 0 saturated heterocycles. The largest absolute Gasteiger partial charge is 0.344 e. The minimum Gasteiger partial charge on any atom is -0.344 e. The van der Waals surface area contributed by atoms with Gasteiger partial charge in [0.05, 0.1) is 5.41 Å². The zero-order chi connectivity index (χ0) is 26.2. The molecule has 5 rings (SSSR count). The SMILES string of the molecule is CCCCN1/C(=C/C=C/C2=[N+](CCCC)c3ccc4ccccc4c3C2(C)C)C(C)(C)c2ccccc21. The van der Waals surface area contributed by atoms with Gasteiger partial charge in [-0.1, -0.05) is 89.1 Å². The van der Waals surface area contributed by atoms with Gasteiger partial charge in [0.25, 0.3) is 0 Å². The van der Waals surface area contributed by atoms with E-state index < -0.39 is 0 Å². The molecule has 0 fully saturated rings. The standard InChI is InChI=1S/C35H43N2/c1-7-9-24-36-29-19-14-13-18-28(29)34(3,4)31(36)20-15-21-32-35(5,6)33-27-17-12-11-16-26(27)22-23-30(33)37(32)25-10-8-2/h11-23H,7-10,24-25H2,1-6H3/q+1. The number of nitrogens with zero attached hydrogens (tertiary/aromatic N) is 2. The lowest BCUT2D eigenvalue weighted by Gasteiger charge is -2.27. The van der Waals surface area contributed by atoms with E-state index in [9.17, 15) is 0 Å². The van der Waals surface area contributed by atoms with Crippen molar-refractivity contribution in [3.05, 3.63) is 95.7 Å². The summed E-state index contributed by atoms with van der Waals surface area (Å²) in [6, 6.07) is 22.5. The van der Waals surface area contributed by atoms with Gasteiger partial charge < -0.3 is 4.90 Å². The van der Waals surface area contributed by atoms with E-state index in [1.165, 1.54) is 70.4 Å². The van der Waals surface area contributed by atoms with E-state index in [1.807, 2.05) is 0 Å². The maximum atomic E-state index is 2.59. The van der Waals surface area contributed by atoms with Crippen LogP contribution in [0.5, 0.6) is 0 Å². The second-order valence-electron chi connectivity index (χ2n) is 11.8. The summed E-state index contributed by atoms with van der Waals surface area (Å²) in [6.45, 7) is 16.2. The van der Waals surface area contributed by atoms with Crippen molar-refractivity contribution < 1.29 is 4.58 Å². The van der Waals surface area contributed by atoms with Crippen molar-refractivity contribution in [3.63, 3.8) is 0 Å². The second kappa shape index (κ2) is 9.97. The van der Waals surface area contributed by atoms with Crippen LogP contribution in [-0.2, 0) is 10.8 Å². The Morgan fingerprint density at radius 1 is 0.811 bits per heavy atom. The molecule has 0 bridgehead atoms. The van der Waals surface area contributed by atoms with Crippen LogP contribution in [0.2, 0.25) is 0 Å². The van der Waals surface area contributed by atoms with Gasteiger partial charge in [0.15, 0.2) is 5.71 Å². The Bertz CT molecular complexity index is 1400. The molecule has 192 valence electrons. The number of rotatable bonds is 8. The first-order chi connectivity index (χ1) is 17.8. The van der Waals surface area contributed by atoms with Crippen LogP contribution in [0, 0.1) is 0 Å². The zero-order valence-corrected chi connectivity index (χ0v) is 23.6. The quantitative estimate of drug-likeness (QED) is 0.285. The highest BCUT2D eigenvalue weighted by molar-refractivity contribution is 6.07. The molecule has 0 radical (unpaired) electrons. The highest BCUT2D eigenvalue weighted by Crippen LogP contribution is 2.48. The fourth-order valence-corrected chi connectivity index (χ4v) is 6.52. The van der Waals surface area contributed by atoms with Crippen LogP contribution < -0.4 is 4.90 Å². The summed E-state index contributed by atoms with van der Waals surface area (Å²) in [7, 11) is 0. The molecule has 0 amide bonds. The van der Waals surface area contributed by atoms with E-state index in [2.05, 4.69) is 130 Å². The number of benzene rings is 3. The van der Waals surface area contributed by atoms with E-state index in [4.69, 9.17) is 0 Å². The van der Waals surface area contributed by atoms with Gasteiger partial charge in [-0.25, -0.2) is 0 Å². The van der Waals surface area contributed by atoms with E-state index in [-0.39, 0.29) is 10.8 Å². The molecule has 37 heavy (non-hydrogen) atoms. The number of anilines is 1. The summed E-state index contributed by atoms with van der Waals surface area (Å²) in [6.07, 6.45) is 11.9. The van der Waals surface area contributed by atoms with Crippen LogP contribution >= 0.6 is 0 Å². The lowest BCUT2D eigenvalue weighted by molar-refractivity contribution is -0.438. The molecular weight excluding hydrogens is 448 g/mol. The van der Waals surface area contributed by atoms with Gasteiger partial charge in [0.2, 0.25) is 5.69 Å². The van der Waals surface area contributed by atoms with E-state index >= 15 is 0 Å². The molecule has 0 N–H and O–H groups in total. The number of hydrogen-bond donors (Lipinski definition) is 0. The number of fused-ring (bicyclic) bond motifs is 4. The third-order valence-corrected chi connectivity index (χ3v) is 8.53. The summed E-state index contributed by atoms with van der Waals surface area (Å²) >= 11 is 0. The van der Waals surface area contributed by atoms with Gasteiger partial charge >= 0.3 is 0 Å². The first-order valence-corrected chi connectivity index (χ1v) is 14.3. The normalized spacial score (nSPS) is 18.9. The summed E-state index contributed by atoms with van der Waals surface area (Å²) in [5.41, 5.74) is 8.38. The Hall–Kier alpha value is -3.13. The van der Waals surface area contributed by atoms with Gasteiger partial charge in [0.1, 0.15) is 6.54 Å². The lowest BCUT2D eigenvalue weighted by Crippen LogP contribution is -2.28. The molecule has 2 aliphatic rings. The molecule has 0 aromatic heterocycles. The van der Waals surface area contributed by atoms with E-state index in [0.717, 1.165) is 13.1 Å². The average Bonchev–Trinajstić information content (AvgIpc) is 3.25. The van der Waals surface area contributed by atoms with Gasteiger partial charge in [-0.05, 0) is 54.8 Å². The Labute approximate surface area is 224 Å². The van der Waals surface area contributed by atoms with E-state index in [1.54, 1.807) is 0 Å². The van der Waals surface area contributed by atoms with Crippen LogP contribution in [0.25, 0.3) is 10.8 Å². The van der Waals surface area contributed by atoms with Gasteiger partial charge in [-0.2, -0.15) is 4.58 Å². The predicted octanol–water partition coefficient (Wildman–Crippen LogP) is 9.05. The molecule has 3 aromatic carbocycles. The van der Waals surface area contributed by atoms with Gasteiger partial charge in [0, 0.05) is 47.5 Å². The maximum Gasteiger partial charge on any atom is 0.210 e. The third kappa shape index (κ3) is 4.25. The monoisotopic (exact) mass is 491 g/mol. The highest BCUT2D eigenvalue weighted by atomic mass is 15.2. The van der Waals surface area contributed by atoms with Crippen molar-refractivity contribution in [1.29, 1.82) is 0 Å². The van der Waals surface area contributed by atoms with Crippen molar-refractivity contribution in [2.24, 2.45) is 0 Å². The van der Waals surface area contributed by atoms with Crippen molar-refractivity contribution in [1.82, 2.24) is 0 Å². The molecule has 0 aliphatic carbocycles. The van der Waals surface area contributed by atoms with Crippen LogP contribution in [0.4, 0.5) is 11.4 Å². The molecule has 2 heterocycles. The average molecular weight is 492 g/mol. The molecule has 3 aromatic rings. The molecule has 2 heteroatoms. The molecule has 2 aliphatic heterocycles. The number of allylic oxidation sites excluding steroid dienone is 4. The van der Waals surface area contributed by atoms with Gasteiger partial charge in [-0.3, -0.25) is 0 Å². The molecule has 0 spiro atoms. The minimum absolute atomic E-state index is 0.00833. The van der Waals surface area contributed by atoms with Crippen molar-refractivity contribution >= 4 is 27.9 Å². The van der Waals surface area contributed by atoms with Crippen LogP contribution in [0.1, 0.15) is 78.4 Å². The predicted molar refractivity (Wildman–Crippen MR) is 161 cm³/mol. The Balaban J connectivity index is 1.58. The maximum absolute atomic E-state index is 2.59. The summed E-state index contributed by atoms with van der Waals surface area (Å²) in [5.74, 6) is 0. The van der Waals surface area contributed by atoms with Crippen molar-refractivity contribution in [3.8, 4) is 0 Å². The summed E-state index contributed by atoms with van der Waals surface area (Å²) < 4.78 is 2.59. The number of para-hydroxylation sites is 1.